The highest BCUT2D eigenvalue weighted by Crippen LogP contribution is 2.23. The van der Waals surface area contributed by atoms with Crippen molar-refractivity contribution >= 4 is 17.4 Å². The Morgan fingerprint density at radius 3 is 2.80 bits per heavy atom. The number of nitriles is 1. The molecule has 0 bridgehead atoms. The molecule has 1 amide bonds. The number of hydrogen-bond acceptors (Lipinski definition) is 3. The third-order valence-corrected chi connectivity index (χ3v) is 1.98. The summed E-state index contributed by atoms with van der Waals surface area (Å²) in [5, 5.41) is 10.7. The van der Waals surface area contributed by atoms with Crippen LogP contribution in [0.2, 0.25) is 0 Å². The van der Waals surface area contributed by atoms with Gasteiger partial charge in [-0.2, -0.15) is 5.26 Å². The number of nitrogens with zero attached hydrogens (tertiary/aromatic N) is 1. The fourth-order valence-corrected chi connectivity index (χ4v) is 1.32. The van der Waals surface area contributed by atoms with Crippen LogP contribution in [-0.4, -0.2) is 11.7 Å². The smallest absolute Gasteiger partial charge is 0.296 e. The number of fused-ring (bicyclic) bond motifs is 1. The molecule has 4 nitrogen and oxygen atoms in total. The molecule has 0 fully saturated rings. The molecule has 2 rings (SSSR count). The average molecular weight is 196 g/mol. The van der Waals surface area contributed by atoms with Gasteiger partial charge in [0.2, 0.25) is 0 Å². The number of carbonyl (C=O) groups is 2. The number of rotatable bonds is 0. The van der Waals surface area contributed by atoms with Crippen LogP contribution in [0.4, 0.5) is 5.69 Å². The molecule has 15 heavy (non-hydrogen) atoms. The summed E-state index contributed by atoms with van der Waals surface area (Å²) in [4.78, 5) is 22.2. The van der Waals surface area contributed by atoms with E-state index in [1.807, 2.05) is 0 Å². The van der Waals surface area contributed by atoms with Crippen LogP contribution in [0.1, 0.15) is 15.9 Å². The topological polar surface area (TPSA) is 70.0 Å². The molecule has 1 heterocycles. The molecule has 1 aliphatic rings. The summed E-state index contributed by atoms with van der Waals surface area (Å²) in [6.45, 7) is 0. The number of hydrogen-bond donors (Lipinski definition) is 1. The van der Waals surface area contributed by atoms with E-state index in [-0.39, 0.29) is 0 Å². The van der Waals surface area contributed by atoms with Crippen LogP contribution in [0.5, 0.6) is 0 Å². The molecule has 1 N–H and O–H groups in total. The van der Waals surface area contributed by atoms with Gasteiger partial charge in [-0.15, -0.1) is 0 Å². The third-order valence-electron chi connectivity index (χ3n) is 1.98. The summed E-state index contributed by atoms with van der Waals surface area (Å²) < 4.78 is 0. The molecule has 0 aromatic heterocycles. The molecule has 4 heteroatoms. The molecule has 1 aliphatic heterocycles. The van der Waals surface area contributed by atoms with Gasteiger partial charge in [0.05, 0.1) is 11.3 Å². The average Bonchev–Trinajstić information content (AvgIpc) is 2.52. The van der Waals surface area contributed by atoms with Crippen LogP contribution in [0.3, 0.4) is 0 Å². The number of anilines is 1. The number of amides is 1. The number of carbonyl (C=O) groups excluding carboxylic acids is 2. The largest absolute Gasteiger partial charge is 0.318 e. The summed E-state index contributed by atoms with van der Waals surface area (Å²) in [6.07, 6.45) is 0. The van der Waals surface area contributed by atoms with Crippen molar-refractivity contribution < 1.29 is 9.59 Å². The highest BCUT2D eigenvalue weighted by Gasteiger charge is 2.27. The van der Waals surface area contributed by atoms with Gasteiger partial charge in [0.1, 0.15) is 0 Å². The van der Waals surface area contributed by atoms with Crippen molar-refractivity contribution in [2.24, 2.45) is 0 Å². The van der Waals surface area contributed by atoms with Gasteiger partial charge in [-0.25, -0.2) is 0 Å². The van der Waals surface area contributed by atoms with Crippen LogP contribution in [0.15, 0.2) is 18.2 Å². The Labute approximate surface area is 85.5 Å². The zero-order valence-electron chi connectivity index (χ0n) is 7.50. The molecule has 0 spiro atoms. The van der Waals surface area contributed by atoms with E-state index in [4.69, 9.17) is 5.26 Å². The van der Waals surface area contributed by atoms with Gasteiger partial charge in [0.25, 0.3) is 11.7 Å². The molecule has 1 aromatic rings. The second kappa shape index (κ2) is 3.28. The summed E-state index contributed by atoms with van der Waals surface area (Å²) in [5.41, 5.74) is 1.39. The first-order valence-electron chi connectivity index (χ1n) is 4.12. The number of nitrogens with one attached hydrogen (secondary N) is 1. The Kier molecular flexibility index (Phi) is 1.97. The van der Waals surface area contributed by atoms with Crippen molar-refractivity contribution in [1.29, 1.82) is 5.26 Å². The fourth-order valence-electron chi connectivity index (χ4n) is 1.32. The zero-order chi connectivity index (χ0) is 10.8. The van der Waals surface area contributed by atoms with E-state index in [1.54, 1.807) is 18.2 Å². The summed E-state index contributed by atoms with van der Waals surface area (Å²) >= 11 is 0. The lowest BCUT2D eigenvalue weighted by Crippen LogP contribution is -2.12. The first kappa shape index (κ1) is 8.98. The van der Waals surface area contributed by atoms with Gasteiger partial charge >= 0.3 is 0 Å². The lowest BCUT2D eigenvalue weighted by molar-refractivity contribution is -0.112. The van der Waals surface area contributed by atoms with E-state index >= 15 is 0 Å². The summed E-state index contributed by atoms with van der Waals surface area (Å²) in [5.74, 6) is 3.65. The van der Waals surface area contributed by atoms with Crippen molar-refractivity contribution in [3.63, 3.8) is 0 Å². The van der Waals surface area contributed by atoms with Crippen LogP contribution >= 0.6 is 0 Å². The van der Waals surface area contributed by atoms with E-state index in [0.717, 1.165) is 0 Å². The van der Waals surface area contributed by atoms with Crippen LogP contribution in [-0.2, 0) is 4.79 Å². The molecular weight excluding hydrogens is 192 g/mol. The first-order valence-corrected chi connectivity index (χ1v) is 4.12. The molecule has 0 radical (unpaired) electrons. The van der Waals surface area contributed by atoms with Gasteiger partial charge < -0.3 is 5.32 Å². The zero-order valence-corrected chi connectivity index (χ0v) is 7.50. The minimum absolute atomic E-state index is 0.350. The maximum atomic E-state index is 11.2. The molecule has 0 saturated heterocycles. The highest BCUT2D eigenvalue weighted by atomic mass is 16.2. The van der Waals surface area contributed by atoms with Crippen molar-refractivity contribution in [2.45, 2.75) is 0 Å². The van der Waals surface area contributed by atoms with Crippen molar-refractivity contribution in [1.82, 2.24) is 0 Å². The molecule has 0 atom stereocenters. The van der Waals surface area contributed by atoms with E-state index in [1.165, 1.54) is 6.07 Å². The lowest BCUT2D eigenvalue weighted by atomic mass is 10.1. The Bertz CT molecular complexity index is 570. The highest BCUT2D eigenvalue weighted by molar-refractivity contribution is 6.51. The molecule has 1 aromatic carbocycles. The van der Waals surface area contributed by atoms with E-state index in [0.29, 0.717) is 16.8 Å². The second-order valence-electron chi connectivity index (χ2n) is 2.91. The number of Topliss-reactive ketones (excluding diaryl/α,β-unsaturated/α-hetero) is 1. The third kappa shape index (κ3) is 1.45. The minimum atomic E-state index is -0.629. The number of benzene rings is 1. The van der Waals surface area contributed by atoms with E-state index < -0.39 is 11.7 Å². The molecular formula is C11H4N2O2. The summed E-state index contributed by atoms with van der Waals surface area (Å²) in [7, 11) is 0. The van der Waals surface area contributed by atoms with Crippen molar-refractivity contribution in [3.8, 4) is 17.9 Å². The van der Waals surface area contributed by atoms with Crippen LogP contribution in [0.25, 0.3) is 0 Å². The maximum Gasteiger partial charge on any atom is 0.296 e. The Morgan fingerprint density at radius 2 is 2.07 bits per heavy atom. The molecule has 70 valence electrons. The lowest BCUT2D eigenvalue weighted by Gasteiger charge is -1.96. The normalized spacial score (nSPS) is 12.2. The van der Waals surface area contributed by atoms with Crippen molar-refractivity contribution in [2.75, 3.05) is 5.32 Å². The fraction of sp³-hybridized carbons (Fsp3) is 0. The van der Waals surface area contributed by atoms with Gasteiger partial charge in [0.15, 0.2) is 6.07 Å². The SMILES string of the molecule is N#CC#Cc1ccc2c(c1)NC(=O)C2=O. The van der Waals surface area contributed by atoms with Crippen molar-refractivity contribution in [3.05, 3.63) is 29.3 Å². The molecule has 0 saturated carbocycles. The van der Waals surface area contributed by atoms with Gasteiger partial charge in [-0.1, -0.05) is 5.92 Å². The first-order chi connectivity index (χ1) is 7.22. The predicted octanol–water partition coefficient (Wildman–Crippen LogP) is 0.696. The van der Waals surface area contributed by atoms with Crippen LogP contribution < -0.4 is 5.32 Å². The maximum absolute atomic E-state index is 11.2. The van der Waals surface area contributed by atoms with E-state index in [2.05, 4.69) is 17.2 Å². The Hall–Kier alpha value is -2.59. The standard InChI is InChI=1S/C11H4N2O2/c12-5-1-2-7-3-4-8-9(6-7)13-11(15)10(8)14/h3-4,6H,(H,13,14,15). The second-order valence-corrected chi connectivity index (χ2v) is 2.91. The molecule has 0 aliphatic carbocycles. The van der Waals surface area contributed by atoms with E-state index in [9.17, 15) is 9.59 Å². The summed E-state index contributed by atoms with van der Waals surface area (Å²) in [6, 6.07) is 6.38. The molecule has 0 unspecified atom stereocenters. The number of ketones is 1. The van der Waals surface area contributed by atoms with Gasteiger partial charge in [0, 0.05) is 11.5 Å². The Balaban J connectivity index is 2.47. The predicted molar refractivity (Wildman–Crippen MR) is 51.9 cm³/mol. The quantitative estimate of drug-likeness (QED) is 0.490. The van der Waals surface area contributed by atoms with Gasteiger partial charge in [-0.05, 0) is 18.2 Å². The van der Waals surface area contributed by atoms with Crippen LogP contribution in [0, 0.1) is 23.2 Å². The Morgan fingerprint density at radius 1 is 1.27 bits per heavy atom. The van der Waals surface area contributed by atoms with Gasteiger partial charge in [-0.3, -0.25) is 9.59 Å². The minimum Gasteiger partial charge on any atom is -0.318 e. The monoisotopic (exact) mass is 196 g/mol.